The number of benzene rings is 1. The first kappa shape index (κ1) is 15.2. The van der Waals surface area contributed by atoms with Gasteiger partial charge in [0, 0.05) is 6.54 Å². The molecule has 1 N–H and O–H groups in total. The number of hydrazone groups is 1. The van der Waals surface area contributed by atoms with Crippen molar-refractivity contribution >= 4 is 23.2 Å². The maximum absolute atomic E-state index is 12.3. The molecule has 0 unspecified atom stereocenters. The van der Waals surface area contributed by atoms with E-state index >= 15 is 0 Å². The van der Waals surface area contributed by atoms with Gasteiger partial charge in [-0.3, -0.25) is 19.9 Å². The van der Waals surface area contributed by atoms with Crippen molar-refractivity contribution in [3.05, 3.63) is 29.3 Å². The molecule has 0 aromatic heterocycles. The zero-order valence-electron chi connectivity index (χ0n) is 12.1. The Bertz CT molecular complexity index is 736. The first-order valence-electron chi connectivity index (χ1n) is 6.62. The molecule has 1 aliphatic rings. The molecule has 1 aromatic carbocycles. The molecule has 0 bridgehead atoms. The molecule has 1 heterocycles. The second-order valence-electron chi connectivity index (χ2n) is 5.17. The molecule has 0 radical (unpaired) electrons. The van der Waals surface area contributed by atoms with Crippen LogP contribution >= 0.6 is 0 Å². The van der Waals surface area contributed by atoms with E-state index in [4.69, 9.17) is 10.5 Å². The number of hydrogen-bond donors (Lipinski definition) is 1. The van der Waals surface area contributed by atoms with Crippen LogP contribution < -0.4 is 5.43 Å². The lowest BCUT2D eigenvalue weighted by Crippen LogP contribution is -2.33. The molecule has 7 heteroatoms. The Labute approximate surface area is 127 Å². The molecular formula is C15H13N5O2. The lowest BCUT2D eigenvalue weighted by Gasteiger charge is -2.15. The number of carbonyl (C=O) groups is 2. The molecule has 0 saturated carbocycles. The van der Waals surface area contributed by atoms with Crippen molar-refractivity contribution in [3.8, 4) is 12.1 Å². The normalized spacial score (nSPS) is 12.7. The SMILES string of the molecule is CC(C)CN1C(=O)c2ccc(NN=C(C#N)C#N)cc2C1=O. The third kappa shape index (κ3) is 2.79. The monoisotopic (exact) mass is 295 g/mol. The van der Waals surface area contributed by atoms with Gasteiger partial charge in [0.1, 0.15) is 12.1 Å². The van der Waals surface area contributed by atoms with E-state index in [-0.39, 0.29) is 23.4 Å². The standard InChI is InChI=1S/C15H13N5O2/c1-9(2)8-20-14(21)12-4-3-10(5-13(12)15(20)22)18-19-11(6-16)7-17/h3-5,9,18H,8H2,1-2H3. The van der Waals surface area contributed by atoms with Crippen molar-refractivity contribution in [2.45, 2.75) is 13.8 Å². The highest BCUT2D eigenvalue weighted by atomic mass is 16.2. The van der Waals surface area contributed by atoms with E-state index in [1.165, 1.54) is 17.0 Å². The number of fused-ring (bicyclic) bond motifs is 1. The first-order valence-corrected chi connectivity index (χ1v) is 6.62. The predicted molar refractivity (Wildman–Crippen MR) is 78.9 cm³/mol. The van der Waals surface area contributed by atoms with E-state index in [9.17, 15) is 9.59 Å². The summed E-state index contributed by atoms with van der Waals surface area (Å²) in [6.45, 7) is 4.22. The van der Waals surface area contributed by atoms with Gasteiger partial charge in [0.15, 0.2) is 0 Å². The maximum Gasteiger partial charge on any atom is 0.261 e. The van der Waals surface area contributed by atoms with Gasteiger partial charge in [-0.25, -0.2) is 0 Å². The lowest BCUT2D eigenvalue weighted by atomic mass is 10.1. The van der Waals surface area contributed by atoms with Gasteiger partial charge in [0.05, 0.1) is 16.8 Å². The van der Waals surface area contributed by atoms with Crippen LogP contribution in [0.1, 0.15) is 34.6 Å². The van der Waals surface area contributed by atoms with Crippen molar-refractivity contribution in [1.82, 2.24) is 4.90 Å². The highest BCUT2D eigenvalue weighted by Gasteiger charge is 2.35. The van der Waals surface area contributed by atoms with Crippen LogP contribution in [0, 0.1) is 28.6 Å². The largest absolute Gasteiger partial charge is 0.276 e. The summed E-state index contributed by atoms with van der Waals surface area (Å²) in [7, 11) is 0. The number of imide groups is 1. The Morgan fingerprint density at radius 3 is 2.45 bits per heavy atom. The van der Waals surface area contributed by atoms with Gasteiger partial charge in [-0.1, -0.05) is 13.8 Å². The number of amides is 2. The van der Waals surface area contributed by atoms with Crippen molar-refractivity contribution in [2.24, 2.45) is 11.0 Å². The van der Waals surface area contributed by atoms with Gasteiger partial charge in [-0.2, -0.15) is 15.6 Å². The molecule has 110 valence electrons. The number of anilines is 1. The minimum atomic E-state index is -0.345. The molecule has 0 fully saturated rings. The topological polar surface area (TPSA) is 109 Å². The number of rotatable bonds is 4. The predicted octanol–water partition coefficient (Wildman–Crippen LogP) is 1.75. The molecule has 1 aromatic rings. The molecular weight excluding hydrogens is 282 g/mol. The summed E-state index contributed by atoms with van der Waals surface area (Å²) in [5.41, 5.74) is 3.27. The third-order valence-corrected chi connectivity index (χ3v) is 3.03. The highest BCUT2D eigenvalue weighted by Crippen LogP contribution is 2.26. The van der Waals surface area contributed by atoms with E-state index in [0.717, 1.165) is 0 Å². The quantitative estimate of drug-likeness (QED) is 0.517. The van der Waals surface area contributed by atoms with Crippen molar-refractivity contribution in [3.63, 3.8) is 0 Å². The van der Waals surface area contributed by atoms with E-state index in [0.29, 0.717) is 23.4 Å². The molecule has 0 atom stereocenters. The fourth-order valence-corrected chi connectivity index (χ4v) is 2.09. The van der Waals surface area contributed by atoms with Crippen LogP contribution in [-0.4, -0.2) is 29.0 Å². The Hall–Kier alpha value is -3.19. The second kappa shape index (κ2) is 6.06. The second-order valence-corrected chi connectivity index (χ2v) is 5.17. The molecule has 7 nitrogen and oxygen atoms in total. The first-order chi connectivity index (χ1) is 10.5. The molecule has 0 saturated heterocycles. The summed E-state index contributed by atoms with van der Waals surface area (Å²) < 4.78 is 0. The number of nitriles is 2. The molecule has 1 aliphatic heterocycles. The number of hydrogen-bond acceptors (Lipinski definition) is 6. The minimum absolute atomic E-state index is 0.179. The van der Waals surface area contributed by atoms with Crippen LogP contribution in [0.2, 0.25) is 0 Å². The van der Waals surface area contributed by atoms with Crippen molar-refractivity contribution in [1.29, 1.82) is 10.5 Å². The van der Waals surface area contributed by atoms with Crippen molar-refractivity contribution < 1.29 is 9.59 Å². The third-order valence-electron chi connectivity index (χ3n) is 3.03. The summed E-state index contributed by atoms with van der Waals surface area (Å²) >= 11 is 0. The van der Waals surface area contributed by atoms with Crippen LogP contribution in [0.15, 0.2) is 23.3 Å². The molecule has 2 rings (SSSR count). The molecule has 0 spiro atoms. The molecule has 2 amide bonds. The van der Waals surface area contributed by atoms with Crippen LogP contribution in [-0.2, 0) is 0 Å². The van der Waals surface area contributed by atoms with Gasteiger partial charge in [0.25, 0.3) is 11.8 Å². The van der Waals surface area contributed by atoms with Crippen LogP contribution in [0.5, 0.6) is 0 Å². The number of nitrogens with zero attached hydrogens (tertiary/aromatic N) is 4. The van der Waals surface area contributed by atoms with E-state index in [2.05, 4.69) is 10.5 Å². The van der Waals surface area contributed by atoms with Crippen LogP contribution in [0.25, 0.3) is 0 Å². The van der Waals surface area contributed by atoms with Crippen LogP contribution in [0.4, 0.5) is 5.69 Å². The Balaban J connectivity index is 2.28. The van der Waals surface area contributed by atoms with E-state index in [1.54, 1.807) is 18.2 Å². The zero-order valence-corrected chi connectivity index (χ0v) is 12.1. The van der Waals surface area contributed by atoms with Gasteiger partial charge < -0.3 is 0 Å². The fourth-order valence-electron chi connectivity index (χ4n) is 2.09. The maximum atomic E-state index is 12.3. The molecule has 22 heavy (non-hydrogen) atoms. The number of carbonyl (C=O) groups excluding carboxylic acids is 2. The van der Waals surface area contributed by atoms with Gasteiger partial charge in [-0.05, 0) is 24.1 Å². The summed E-state index contributed by atoms with van der Waals surface area (Å²) in [6, 6.07) is 7.83. The van der Waals surface area contributed by atoms with E-state index < -0.39 is 0 Å². The Morgan fingerprint density at radius 1 is 1.23 bits per heavy atom. The minimum Gasteiger partial charge on any atom is -0.276 e. The van der Waals surface area contributed by atoms with Gasteiger partial charge in [-0.15, -0.1) is 0 Å². The fraction of sp³-hybridized carbons (Fsp3) is 0.267. The highest BCUT2D eigenvalue weighted by molar-refractivity contribution is 6.21. The average Bonchev–Trinajstić information content (AvgIpc) is 2.73. The Kier molecular flexibility index (Phi) is 4.19. The van der Waals surface area contributed by atoms with Crippen molar-refractivity contribution in [2.75, 3.05) is 12.0 Å². The zero-order chi connectivity index (χ0) is 16.3. The average molecular weight is 295 g/mol. The lowest BCUT2D eigenvalue weighted by molar-refractivity contribution is 0.0636. The number of nitrogens with one attached hydrogen (secondary N) is 1. The molecule has 0 aliphatic carbocycles. The summed E-state index contributed by atoms with van der Waals surface area (Å²) in [4.78, 5) is 25.7. The van der Waals surface area contributed by atoms with Gasteiger partial charge >= 0.3 is 0 Å². The smallest absolute Gasteiger partial charge is 0.261 e. The Morgan fingerprint density at radius 2 is 1.86 bits per heavy atom. The van der Waals surface area contributed by atoms with Crippen LogP contribution in [0.3, 0.4) is 0 Å². The van der Waals surface area contributed by atoms with E-state index in [1.807, 2.05) is 13.8 Å². The van der Waals surface area contributed by atoms with Gasteiger partial charge in [0.2, 0.25) is 5.71 Å². The summed E-state index contributed by atoms with van der Waals surface area (Å²) in [5.74, 6) is -0.473. The summed E-state index contributed by atoms with van der Waals surface area (Å²) in [6.07, 6.45) is 0. The summed E-state index contributed by atoms with van der Waals surface area (Å²) in [5, 5.41) is 20.8.